The topological polar surface area (TPSA) is 60.5 Å². The van der Waals surface area contributed by atoms with Crippen LogP contribution < -0.4 is 14.8 Å². The highest BCUT2D eigenvalue weighted by Crippen LogP contribution is 2.33. The molecule has 1 aromatic carbocycles. The average Bonchev–Trinajstić information content (AvgIpc) is 3.27. The first-order valence-electron chi connectivity index (χ1n) is 8.34. The average molecular weight is 389 g/mol. The molecule has 136 valence electrons. The van der Waals surface area contributed by atoms with Crippen LogP contribution in [0.2, 0.25) is 0 Å². The van der Waals surface area contributed by atoms with Gasteiger partial charge >= 0.3 is 0 Å². The zero-order chi connectivity index (χ0) is 18.5. The second-order valence-electron chi connectivity index (χ2n) is 5.39. The van der Waals surface area contributed by atoms with Crippen molar-refractivity contribution in [1.82, 2.24) is 4.98 Å². The van der Waals surface area contributed by atoms with Gasteiger partial charge in [0.1, 0.15) is 9.88 Å². The van der Waals surface area contributed by atoms with E-state index in [-0.39, 0.29) is 5.91 Å². The van der Waals surface area contributed by atoms with Crippen LogP contribution in [0, 0.1) is 6.92 Å². The summed E-state index contributed by atoms with van der Waals surface area (Å²) in [7, 11) is 0. The number of ether oxygens (including phenoxy) is 2. The number of thiophene rings is 1. The molecule has 3 rings (SSSR count). The lowest BCUT2D eigenvalue weighted by Crippen LogP contribution is -2.11. The zero-order valence-electron chi connectivity index (χ0n) is 14.9. The van der Waals surface area contributed by atoms with E-state index in [0.29, 0.717) is 35.3 Å². The first-order chi connectivity index (χ1) is 12.6. The number of benzene rings is 1. The molecule has 3 aromatic rings. The summed E-state index contributed by atoms with van der Waals surface area (Å²) in [6, 6.07) is 9.38. The van der Waals surface area contributed by atoms with E-state index in [4.69, 9.17) is 9.47 Å². The smallest absolute Gasteiger partial charge is 0.267 e. The molecule has 7 heteroatoms. The Labute approximate surface area is 160 Å². The van der Waals surface area contributed by atoms with E-state index in [2.05, 4.69) is 10.3 Å². The van der Waals surface area contributed by atoms with Gasteiger partial charge in [-0.1, -0.05) is 6.07 Å². The molecule has 0 radical (unpaired) electrons. The van der Waals surface area contributed by atoms with Crippen molar-refractivity contribution in [2.45, 2.75) is 20.8 Å². The molecule has 0 unspecified atom stereocenters. The molecule has 0 bridgehead atoms. The Morgan fingerprint density at radius 3 is 2.62 bits per heavy atom. The van der Waals surface area contributed by atoms with Gasteiger partial charge < -0.3 is 14.8 Å². The summed E-state index contributed by atoms with van der Waals surface area (Å²) in [6.07, 6.45) is 0. The molecule has 0 aliphatic rings. The summed E-state index contributed by atoms with van der Waals surface area (Å²) < 4.78 is 11.2. The summed E-state index contributed by atoms with van der Waals surface area (Å²) in [5.41, 5.74) is 1.39. The number of thiazole rings is 1. The number of hydrogen-bond acceptors (Lipinski definition) is 6. The fraction of sp³-hybridized carbons (Fsp3) is 0.263. The van der Waals surface area contributed by atoms with Crippen molar-refractivity contribution in [2.75, 3.05) is 18.5 Å². The van der Waals surface area contributed by atoms with E-state index in [0.717, 1.165) is 15.6 Å². The van der Waals surface area contributed by atoms with Gasteiger partial charge in [0.05, 0.1) is 23.8 Å². The first kappa shape index (κ1) is 18.4. The number of hydrogen-bond donors (Lipinski definition) is 1. The van der Waals surface area contributed by atoms with Gasteiger partial charge in [-0.2, -0.15) is 0 Å². The quantitative estimate of drug-likeness (QED) is 0.602. The molecule has 0 aliphatic carbocycles. The lowest BCUT2D eigenvalue weighted by atomic mass is 10.2. The highest BCUT2D eigenvalue weighted by Gasteiger charge is 2.17. The van der Waals surface area contributed by atoms with Gasteiger partial charge in [-0.15, -0.1) is 22.7 Å². The fourth-order valence-electron chi connectivity index (χ4n) is 2.43. The third kappa shape index (κ3) is 4.05. The maximum Gasteiger partial charge on any atom is 0.267 e. The van der Waals surface area contributed by atoms with Crippen molar-refractivity contribution < 1.29 is 14.3 Å². The lowest BCUT2D eigenvalue weighted by Gasteiger charge is -2.12. The summed E-state index contributed by atoms with van der Waals surface area (Å²) in [6.45, 7) is 6.76. The van der Waals surface area contributed by atoms with Crippen LogP contribution in [0.15, 0.2) is 35.7 Å². The van der Waals surface area contributed by atoms with E-state index in [1.54, 1.807) is 23.5 Å². The molecule has 0 spiro atoms. The van der Waals surface area contributed by atoms with E-state index in [9.17, 15) is 4.79 Å². The number of rotatable bonds is 7. The number of carbonyl (C=O) groups excluding carboxylic acids is 1. The monoisotopic (exact) mass is 388 g/mol. The van der Waals surface area contributed by atoms with Crippen LogP contribution >= 0.6 is 22.7 Å². The molecular formula is C19H20N2O3S2. The van der Waals surface area contributed by atoms with Gasteiger partial charge in [-0.25, -0.2) is 4.98 Å². The molecule has 0 saturated carbocycles. The number of amides is 1. The first-order valence-corrected chi connectivity index (χ1v) is 10.0. The van der Waals surface area contributed by atoms with E-state index in [1.807, 2.05) is 44.4 Å². The largest absolute Gasteiger partial charge is 0.490 e. The van der Waals surface area contributed by atoms with Gasteiger partial charge in [0.15, 0.2) is 11.5 Å². The van der Waals surface area contributed by atoms with E-state index in [1.165, 1.54) is 11.3 Å². The van der Waals surface area contributed by atoms with Crippen LogP contribution in [0.1, 0.15) is 29.2 Å². The van der Waals surface area contributed by atoms with E-state index >= 15 is 0 Å². The normalized spacial score (nSPS) is 10.6. The van der Waals surface area contributed by atoms with Crippen molar-refractivity contribution in [3.8, 4) is 21.4 Å². The van der Waals surface area contributed by atoms with Crippen molar-refractivity contribution >= 4 is 34.3 Å². The molecule has 0 saturated heterocycles. The van der Waals surface area contributed by atoms with Crippen LogP contribution in [0.25, 0.3) is 9.88 Å². The van der Waals surface area contributed by atoms with Crippen molar-refractivity contribution in [2.24, 2.45) is 0 Å². The minimum absolute atomic E-state index is 0.172. The summed E-state index contributed by atoms with van der Waals surface area (Å²) >= 11 is 3.01. The Bertz CT molecular complexity index is 888. The molecule has 26 heavy (non-hydrogen) atoms. The second kappa shape index (κ2) is 8.33. The lowest BCUT2D eigenvalue weighted by molar-refractivity contribution is 0.103. The number of anilines is 1. The maximum atomic E-state index is 12.7. The third-order valence-corrected chi connectivity index (χ3v) is 5.73. The van der Waals surface area contributed by atoms with Crippen LogP contribution in [0.5, 0.6) is 11.5 Å². The minimum atomic E-state index is -0.172. The molecule has 2 aromatic heterocycles. The van der Waals surface area contributed by atoms with Crippen LogP contribution in [0.3, 0.4) is 0 Å². The molecule has 0 aliphatic heterocycles. The minimum Gasteiger partial charge on any atom is -0.490 e. The standard InChI is InChI=1S/C19H20N2O3S2/c1-4-23-14-9-8-13(11-15(14)24-5-2)21-18(22)17-12(3)20-19(26-17)16-7-6-10-25-16/h6-11H,4-5H2,1-3H3,(H,21,22). The van der Waals surface area contributed by atoms with E-state index < -0.39 is 0 Å². The highest BCUT2D eigenvalue weighted by atomic mass is 32.1. The fourth-order valence-corrected chi connectivity index (χ4v) is 4.19. The molecule has 0 atom stereocenters. The molecule has 0 fully saturated rings. The van der Waals surface area contributed by atoms with Gasteiger partial charge in [-0.3, -0.25) is 4.79 Å². The van der Waals surface area contributed by atoms with Gasteiger partial charge in [-0.05, 0) is 44.4 Å². The highest BCUT2D eigenvalue weighted by molar-refractivity contribution is 7.22. The second-order valence-corrected chi connectivity index (χ2v) is 7.34. The molecular weight excluding hydrogens is 368 g/mol. The SMILES string of the molecule is CCOc1ccc(NC(=O)c2sc(-c3cccs3)nc2C)cc1OCC. The molecule has 5 nitrogen and oxygen atoms in total. The number of carbonyl (C=O) groups is 1. The Morgan fingerprint density at radius 2 is 1.92 bits per heavy atom. The van der Waals surface area contributed by atoms with Crippen molar-refractivity contribution in [1.29, 1.82) is 0 Å². The van der Waals surface area contributed by atoms with Crippen LogP contribution in [0.4, 0.5) is 5.69 Å². The number of nitrogens with one attached hydrogen (secondary N) is 1. The van der Waals surface area contributed by atoms with Crippen LogP contribution in [-0.2, 0) is 0 Å². The summed E-state index contributed by atoms with van der Waals surface area (Å²) in [5, 5.41) is 5.79. The van der Waals surface area contributed by atoms with Crippen LogP contribution in [-0.4, -0.2) is 24.1 Å². The maximum absolute atomic E-state index is 12.7. The molecule has 1 amide bonds. The number of aryl methyl sites for hydroxylation is 1. The Hall–Kier alpha value is -2.38. The van der Waals surface area contributed by atoms with Gasteiger partial charge in [0.2, 0.25) is 0 Å². The molecule has 2 heterocycles. The predicted molar refractivity (Wildman–Crippen MR) is 107 cm³/mol. The zero-order valence-corrected chi connectivity index (χ0v) is 16.5. The third-order valence-electron chi connectivity index (χ3n) is 3.54. The Kier molecular flexibility index (Phi) is 5.90. The summed E-state index contributed by atoms with van der Waals surface area (Å²) in [5.74, 6) is 1.11. The predicted octanol–water partition coefficient (Wildman–Crippen LogP) is 5.23. The Morgan fingerprint density at radius 1 is 1.15 bits per heavy atom. The number of aromatic nitrogens is 1. The number of nitrogens with zero attached hydrogens (tertiary/aromatic N) is 1. The molecule has 1 N–H and O–H groups in total. The van der Waals surface area contributed by atoms with Crippen molar-refractivity contribution in [3.63, 3.8) is 0 Å². The Balaban J connectivity index is 1.80. The summed E-state index contributed by atoms with van der Waals surface area (Å²) in [4.78, 5) is 18.9. The van der Waals surface area contributed by atoms with Gasteiger partial charge in [0, 0.05) is 11.8 Å². The van der Waals surface area contributed by atoms with Gasteiger partial charge in [0.25, 0.3) is 5.91 Å². The van der Waals surface area contributed by atoms with Crippen molar-refractivity contribution in [3.05, 3.63) is 46.3 Å².